The van der Waals surface area contributed by atoms with E-state index in [1.807, 2.05) is 36.0 Å². The molecule has 11 heteroatoms. The van der Waals surface area contributed by atoms with Crippen molar-refractivity contribution in [3.8, 4) is 11.1 Å². The summed E-state index contributed by atoms with van der Waals surface area (Å²) in [7, 11) is 0. The fourth-order valence-electron chi connectivity index (χ4n) is 7.60. The predicted octanol–water partition coefficient (Wildman–Crippen LogP) is 7.30. The molecule has 1 aliphatic carbocycles. The number of hydrogen-bond donors (Lipinski definition) is 4. The summed E-state index contributed by atoms with van der Waals surface area (Å²) in [5.41, 5.74) is 7.52. The van der Waals surface area contributed by atoms with Crippen molar-refractivity contribution in [2.45, 2.75) is 97.1 Å². The Morgan fingerprint density at radius 3 is 2.30 bits per heavy atom. The SMILES string of the molecule is CCc1nc2c(cnn2CC)c(NC2CCOCC2)c1CNC(=O)c1cccc(C(=O)NCc2ccc(F)c(-c3cccc(CNC4CCCC4)c3)c2)c1. The molecule has 2 fully saturated rings. The van der Waals surface area contributed by atoms with Gasteiger partial charge in [0, 0.05) is 79.4 Å². The van der Waals surface area contributed by atoms with Crippen LogP contribution >= 0.6 is 0 Å². The molecule has 4 N–H and O–H groups in total. The summed E-state index contributed by atoms with van der Waals surface area (Å²) in [6, 6.07) is 20.4. The first-order valence-corrected chi connectivity index (χ1v) is 19.4. The van der Waals surface area contributed by atoms with Crippen LogP contribution in [0.15, 0.2) is 72.9 Å². The third kappa shape index (κ3) is 8.63. The van der Waals surface area contributed by atoms with E-state index >= 15 is 4.39 Å². The van der Waals surface area contributed by atoms with Crippen LogP contribution < -0.4 is 21.3 Å². The molecule has 2 aliphatic rings. The molecule has 282 valence electrons. The van der Waals surface area contributed by atoms with E-state index in [1.165, 1.54) is 31.7 Å². The van der Waals surface area contributed by atoms with E-state index in [2.05, 4.69) is 39.4 Å². The summed E-state index contributed by atoms with van der Waals surface area (Å²) in [4.78, 5) is 31.9. The second-order valence-electron chi connectivity index (χ2n) is 14.3. The molecule has 5 aromatic rings. The van der Waals surface area contributed by atoms with Crippen LogP contribution in [0, 0.1) is 5.82 Å². The molecule has 0 atom stereocenters. The highest BCUT2D eigenvalue weighted by Gasteiger charge is 2.23. The van der Waals surface area contributed by atoms with Crippen molar-refractivity contribution < 1.29 is 18.7 Å². The van der Waals surface area contributed by atoms with Gasteiger partial charge in [0.2, 0.25) is 0 Å². The third-order valence-corrected chi connectivity index (χ3v) is 10.7. The van der Waals surface area contributed by atoms with E-state index in [4.69, 9.17) is 9.72 Å². The van der Waals surface area contributed by atoms with Gasteiger partial charge in [0.05, 0.1) is 17.3 Å². The Hall–Kier alpha value is -5.13. The quantitative estimate of drug-likeness (QED) is 0.0946. The Morgan fingerprint density at radius 2 is 1.56 bits per heavy atom. The molecule has 10 nitrogen and oxygen atoms in total. The summed E-state index contributed by atoms with van der Waals surface area (Å²) in [5.74, 6) is -0.930. The van der Waals surface area contributed by atoms with Crippen LogP contribution in [-0.4, -0.2) is 51.9 Å². The zero-order valence-corrected chi connectivity index (χ0v) is 31.2. The zero-order chi connectivity index (χ0) is 37.4. The number of anilines is 1. The molecule has 1 saturated carbocycles. The van der Waals surface area contributed by atoms with Crippen molar-refractivity contribution in [3.05, 3.63) is 112 Å². The third-order valence-electron chi connectivity index (χ3n) is 10.7. The van der Waals surface area contributed by atoms with E-state index in [0.29, 0.717) is 48.9 Å². The molecule has 7 rings (SSSR count). The zero-order valence-electron chi connectivity index (χ0n) is 31.2. The van der Waals surface area contributed by atoms with Gasteiger partial charge in [-0.1, -0.05) is 50.1 Å². The van der Waals surface area contributed by atoms with Crippen LogP contribution in [0.3, 0.4) is 0 Å². The lowest BCUT2D eigenvalue weighted by Crippen LogP contribution is -2.30. The van der Waals surface area contributed by atoms with Crippen LogP contribution in [0.2, 0.25) is 0 Å². The van der Waals surface area contributed by atoms with Crippen molar-refractivity contribution in [1.29, 1.82) is 0 Å². The van der Waals surface area contributed by atoms with Crippen LogP contribution in [0.5, 0.6) is 0 Å². The molecule has 0 unspecified atom stereocenters. The Labute approximate surface area is 316 Å². The number of halogens is 1. The van der Waals surface area contributed by atoms with Crippen LogP contribution in [-0.2, 0) is 37.3 Å². The van der Waals surface area contributed by atoms with Gasteiger partial charge in [0.15, 0.2) is 5.65 Å². The van der Waals surface area contributed by atoms with Crippen molar-refractivity contribution in [2.24, 2.45) is 0 Å². The minimum atomic E-state index is -0.325. The minimum absolute atomic E-state index is 0.207. The number of benzene rings is 3. The van der Waals surface area contributed by atoms with Gasteiger partial charge in [-0.15, -0.1) is 0 Å². The first-order chi connectivity index (χ1) is 26.4. The Balaban J connectivity index is 1.01. The predicted molar refractivity (Wildman–Crippen MR) is 210 cm³/mol. The lowest BCUT2D eigenvalue weighted by molar-refractivity contribution is 0.0904. The van der Waals surface area contributed by atoms with Crippen molar-refractivity contribution >= 4 is 28.5 Å². The number of carbonyl (C=O) groups excluding carboxylic acids is 2. The number of fused-ring (bicyclic) bond motifs is 1. The lowest BCUT2D eigenvalue weighted by atomic mass is 10.00. The van der Waals surface area contributed by atoms with E-state index in [1.54, 1.807) is 36.4 Å². The summed E-state index contributed by atoms with van der Waals surface area (Å²) in [6.07, 6.45) is 9.27. The lowest BCUT2D eigenvalue weighted by Gasteiger charge is -2.26. The first kappa shape index (κ1) is 37.2. The van der Waals surface area contributed by atoms with Gasteiger partial charge in [-0.3, -0.25) is 9.59 Å². The summed E-state index contributed by atoms with van der Waals surface area (Å²) < 4.78 is 22.6. The maximum absolute atomic E-state index is 15.1. The van der Waals surface area contributed by atoms with Gasteiger partial charge in [-0.25, -0.2) is 14.1 Å². The molecule has 54 heavy (non-hydrogen) atoms. The maximum Gasteiger partial charge on any atom is 0.251 e. The number of pyridine rings is 1. The second-order valence-corrected chi connectivity index (χ2v) is 14.3. The van der Waals surface area contributed by atoms with Crippen molar-refractivity contribution in [2.75, 3.05) is 18.5 Å². The number of rotatable bonds is 14. The summed E-state index contributed by atoms with van der Waals surface area (Å²) >= 11 is 0. The standard InChI is InChI=1S/C43H50FN7O3/c1-3-39-36(40(49-34-17-19-54-20-18-34)37-27-48-51(4-2)41(37)50-39)26-47-43(53)32-12-8-11-31(23-32)42(52)46-25-29-15-16-38(44)35(22-29)30-10-7-9-28(21-30)24-45-33-13-5-6-14-33/h7-12,15-16,21-23,27,33-34,45H,3-6,13-14,17-20,24-26H2,1-2H3,(H,46,52)(H,47,53)(H,49,50). The van der Waals surface area contributed by atoms with Gasteiger partial charge in [-0.2, -0.15) is 5.10 Å². The van der Waals surface area contributed by atoms with Crippen LogP contribution in [0.25, 0.3) is 22.2 Å². The number of ether oxygens (including phenoxy) is 1. The monoisotopic (exact) mass is 731 g/mol. The van der Waals surface area contributed by atoms with Gasteiger partial charge < -0.3 is 26.0 Å². The van der Waals surface area contributed by atoms with Gasteiger partial charge in [-0.05, 0) is 92.1 Å². The molecule has 0 bridgehead atoms. The van der Waals surface area contributed by atoms with Gasteiger partial charge in [0.1, 0.15) is 5.82 Å². The van der Waals surface area contributed by atoms with Crippen molar-refractivity contribution in [3.63, 3.8) is 0 Å². The number of carbonyl (C=O) groups is 2. The number of aromatic nitrogens is 3. The van der Waals surface area contributed by atoms with E-state index in [9.17, 15) is 9.59 Å². The minimum Gasteiger partial charge on any atom is -0.381 e. The van der Waals surface area contributed by atoms with Crippen molar-refractivity contribution in [1.82, 2.24) is 30.7 Å². The number of nitrogens with one attached hydrogen (secondary N) is 4. The Kier molecular flexibility index (Phi) is 11.9. The molecular weight excluding hydrogens is 682 g/mol. The van der Waals surface area contributed by atoms with Crippen LogP contribution in [0.1, 0.15) is 95.5 Å². The maximum atomic E-state index is 15.1. The Morgan fingerprint density at radius 1 is 0.833 bits per heavy atom. The summed E-state index contributed by atoms with van der Waals surface area (Å²) in [6.45, 7) is 7.43. The highest BCUT2D eigenvalue weighted by molar-refractivity contribution is 6.00. The second kappa shape index (κ2) is 17.3. The number of nitrogens with zero attached hydrogens (tertiary/aromatic N) is 3. The highest BCUT2D eigenvalue weighted by Crippen LogP contribution is 2.31. The normalized spacial score (nSPS) is 15.1. The van der Waals surface area contributed by atoms with E-state index in [0.717, 1.165) is 64.1 Å². The molecule has 3 aromatic carbocycles. The van der Waals surface area contributed by atoms with Crippen LogP contribution in [0.4, 0.5) is 10.1 Å². The van der Waals surface area contributed by atoms with E-state index in [-0.39, 0.29) is 36.8 Å². The number of hydrogen-bond acceptors (Lipinski definition) is 7. The first-order valence-electron chi connectivity index (χ1n) is 19.4. The fourth-order valence-corrected chi connectivity index (χ4v) is 7.60. The molecule has 3 heterocycles. The molecule has 2 aromatic heterocycles. The average Bonchev–Trinajstić information content (AvgIpc) is 3.89. The number of amides is 2. The smallest absolute Gasteiger partial charge is 0.251 e. The Bertz CT molecular complexity index is 2100. The topological polar surface area (TPSA) is 122 Å². The molecule has 0 spiro atoms. The van der Waals surface area contributed by atoms with Gasteiger partial charge in [0.25, 0.3) is 11.8 Å². The highest BCUT2D eigenvalue weighted by atomic mass is 19.1. The number of aryl methyl sites for hydroxylation is 2. The van der Waals surface area contributed by atoms with Gasteiger partial charge >= 0.3 is 0 Å². The fraction of sp³-hybridized carbons (Fsp3) is 0.395. The molecular formula is C43H50FN7O3. The van der Waals surface area contributed by atoms with E-state index < -0.39 is 0 Å². The molecule has 1 saturated heterocycles. The average molecular weight is 732 g/mol. The molecule has 1 aliphatic heterocycles. The molecule has 0 radical (unpaired) electrons. The summed E-state index contributed by atoms with van der Waals surface area (Å²) in [5, 5.41) is 18.9. The largest absolute Gasteiger partial charge is 0.381 e. The molecule has 2 amide bonds.